The third kappa shape index (κ3) is 3.72. The first-order chi connectivity index (χ1) is 12.5. The summed E-state index contributed by atoms with van der Waals surface area (Å²) in [5.74, 6) is -0.384. The number of rotatable bonds is 4. The molecule has 7 heteroatoms. The first-order valence-corrected chi connectivity index (χ1v) is 8.87. The van der Waals surface area contributed by atoms with Gasteiger partial charge in [0.15, 0.2) is 0 Å². The number of nitrogens with one attached hydrogen (secondary N) is 2. The Bertz CT molecular complexity index is 981. The fourth-order valence-corrected chi connectivity index (χ4v) is 3.19. The summed E-state index contributed by atoms with van der Waals surface area (Å²) in [6, 6.07) is 12.9. The summed E-state index contributed by atoms with van der Waals surface area (Å²) >= 11 is 3.31. The molecule has 0 unspecified atom stereocenters. The molecule has 2 N–H and O–H groups in total. The zero-order valence-electron chi connectivity index (χ0n) is 14.4. The molecule has 0 bridgehead atoms. The number of hydrazine groups is 1. The van der Waals surface area contributed by atoms with E-state index in [1.165, 1.54) is 0 Å². The van der Waals surface area contributed by atoms with Gasteiger partial charge in [0.1, 0.15) is 11.4 Å². The van der Waals surface area contributed by atoms with Crippen LogP contribution in [0.1, 0.15) is 27.8 Å². The van der Waals surface area contributed by atoms with E-state index in [2.05, 4.69) is 26.8 Å². The molecule has 3 aromatic rings. The lowest BCUT2D eigenvalue weighted by Crippen LogP contribution is -2.42. The first-order valence-electron chi connectivity index (χ1n) is 8.07. The number of fused-ring (bicyclic) bond motifs is 1. The highest BCUT2D eigenvalue weighted by Gasteiger charge is 2.16. The summed E-state index contributed by atoms with van der Waals surface area (Å²) in [4.78, 5) is 24.8. The molecule has 26 heavy (non-hydrogen) atoms. The van der Waals surface area contributed by atoms with E-state index >= 15 is 0 Å². The lowest BCUT2D eigenvalue weighted by atomic mass is 10.1. The van der Waals surface area contributed by atoms with Gasteiger partial charge in [-0.05, 0) is 51.8 Å². The maximum atomic E-state index is 12.6. The number of benzene rings is 2. The van der Waals surface area contributed by atoms with Crippen molar-refractivity contribution in [2.45, 2.75) is 6.92 Å². The monoisotopic (exact) mass is 415 g/mol. The molecular weight excluding hydrogens is 398 g/mol. The number of hydrogen-bond donors (Lipinski definition) is 2. The van der Waals surface area contributed by atoms with Crippen molar-refractivity contribution in [1.82, 2.24) is 15.4 Å². The van der Waals surface area contributed by atoms with Crippen LogP contribution in [0.3, 0.4) is 0 Å². The summed E-state index contributed by atoms with van der Waals surface area (Å²) < 4.78 is 8.04. The number of ether oxygens (including phenoxy) is 1. The maximum Gasteiger partial charge on any atom is 0.286 e. The van der Waals surface area contributed by atoms with Crippen LogP contribution < -0.4 is 15.6 Å². The number of aryl methyl sites for hydroxylation is 1. The van der Waals surface area contributed by atoms with Gasteiger partial charge in [-0.2, -0.15) is 0 Å². The molecule has 0 aliphatic carbocycles. The van der Waals surface area contributed by atoms with E-state index in [9.17, 15) is 9.59 Å². The van der Waals surface area contributed by atoms with Gasteiger partial charge in [0.05, 0.1) is 12.2 Å². The lowest BCUT2D eigenvalue weighted by molar-refractivity contribution is 0.0840. The molecule has 0 aliphatic rings. The van der Waals surface area contributed by atoms with Crippen molar-refractivity contribution in [1.29, 1.82) is 0 Å². The van der Waals surface area contributed by atoms with Crippen LogP contribution in [-0.4, -0.2) is 23.0 Å². The van der Waals surface area contributed by atoms with Gasteiger partial charge >= 0.3 is 0 Å². The van der Waals surface area contributed by atoms with Crippen LogP contribution in [0, 0.1) is 0 Å². The molecule has 0 spiro atoms. The van der Waals surface area contributed by atoms with Crippen LogP contribution in [0.15, 0.2) is 53.1 Å². The Labute approximate surface area is 159 Å². The van der Waals surface area contributed by atoms with E-state index in [1.54, 1.807) is 29.9 Å². The number of carbonyl (C=O) groups excluding carboxylic acids is 2. The van der Waals surface area contributed by atoms with E-state index < -0.39 is 11.8 Å². The minimum atomic E-state index is -0.444. The lowest BCUT2D eigenvalue weighted by Gasteiger charge is -2.13. The van der Waals surface area contributed by atoms with Gasteiger partial charge in [0.2, 0.25) is 0 Å². The molecule has 0 aliphatic heterocycles. The average molecular weight is 416 g/mol. The van der Waals surface area contributed by atoms with Crippen molar-refractivity contribution < 1.29 is 14.3 Å². The molecule has 134 valence electrons. The second-order valence-corrected chi connectivity index (χ2v) is 6.61. The number of hydrogen-bond acceptors (Lipinski definition) is 3. The van der Waals surface area contributed by atoms with Gasteiger partial charge in [-0.25, -0.2) is 0 Å². The average Bonchev–Trinajstić information content (AvgIpc) is 2.97. The minimum absolute atomic E-state index is 0.360. The van der Waals surface area contributed by atoms with Gasteiger partial charge in [0, 0.05) is 17.7 Å². The van der Waals surface area contributed by atoms with Crippen molar-refractivity contribution in [2.75, 3.05) is 6.61 Å². The molecule has 0 atom stereocenters. The number of amides is 2. The predicted octanol–water partition coefficient (Wildman–Crippen LogP) is 3.41. The molecule has 0 saturated carbocycles. The smallest absolute Gasteiger partial charge is 0.286 e. The Balaban J connectivity index is 1.81. The van der Waals surface area contributed by atoms with Gasteiger partial charge in [-0.15, -0.1) is 0 Å². The Morgan fingerprint density at radius 3 is 2.35 bits per heavy atom. The second kappa shape index (κ2) is 7.61. The molecule has 1 heterocycles. The first kappa shape index (κ1) is 18.0. The summed E-state index contributed by atoms with van der Waals surface area (Å²) in [5, 5.41) is 1.89. The fourth-order valence-electron chi connectivity index (χ4n) is 2.67. The summed E-state index contributed by atoms with van der Waals surface area (Å²) in [7, 11) is 1.75. The largest absolute Gasteiger partial charge is 0.493 e. The van der Waals surface area contributed by atoms with E-state index in [-0.39, 0.29) is 0 Å². The van der Waals surface area contributed by atoms with Crippen LogP contribution in [0.4, 0.5) is 0 Å². The number of aromatic nitrogens is 1. The molecule has 6 nitrogen and oxygen atoms in total. The van der Waals surface area contributed by atoms with Gasteiger partial charge in [0.25, 0.3) is 11.8 Å². The molecule has 0 fully saturated rings. The topological polar surface area (TPSA) is 72.4 Å². The highest BCUT2D eigenvalue weighted by Crippen LogP contribution is 2.26. The number of nitrogens with zero attached hydrogens (tertiary/aromatic N) is 1. The Morgan fingerprint density at radius 2 is 1.73 bits per heavy atom. The van der Waals surface area contributed by atoms with E-state index in [4.69, 9.17) is 4.74 Å². The van der Waals surface area contributed by atoms with Crippen LogP contribution in [-0.2, 0) is 7.05 Å². The van der Waals surface area contributed by atoms with Crippen molar-refractivity contribution in [2.24, 2.45) is 7.05 Å². The van der Waals surface area contributed by atoms with Crippen molar-refractivity contribution in [3.05, 3.63) is 64.4 Å². The van der Waals surface area contributed by atoms with Crippen molar-refractivity contribution in [3.8, 4) is 5.75 Å². The van der Waals surface area contributed by atoms with E-state index in [0.717, 1.165) is 15.2 Å². The van der Waals surface area contributed by atoms with Crippen LogP contribution in [0.25, 0.3) is 10.8 Å². The van der Waals surface area contributed by atoms with Crippen LogP contribution in [0.5, 0.6) is 5.75 Å². The molecule has 2 aromatic carbocycles. The third-order valence-electron chi connectivity index (χ3n) is 3.89. The molecule has 0 radical (unpaired) electrons. The zero-order chi connectivity index (χ0) is 18.7. The minimum Gasteiger partial charge on any atom is -0.493 e. The highest BCUT2D eigenvalue weighted by atomic mass is 79.9. The highest BCUT2D eigenvalue weighted by molar-refractivity contribution is 9.10. The summed E-state index contributed by atoms with van der Waals surface area (Å²) in [5.41, 5.74) is 5.66. The van der Waals surface area contributed by atoms with Crippen LogP contribution >= 0.6 is 15.9 Å². The maximum absolute atomic E-state index is 12.6. The predicted molar refractivity (Wildman–Crippen MR) is 103 cm³/mol. The Kier molecular flexibility index (Phi) is 5.27. The van der Waals surface area contributed by atoms with E-state index in [0.29, 0.717) is 23.6 Å². The fraction of sp³-hybridized carbons (Fsp3) is 0.158. The number of carbonyl (C=O) groups is 2. The normalized spacial score (nSPS) is 10.6. The number of halogens is 1. The molecule has 3 rings (SSSR count). The quantitative estimate of drug-likeness (QED) is 0.641. The Morgan fingerprint density at radius 1 is 1.08 bits per heavy atom. The van der Waals surface area contributed by atoms with Gasteiger partial charge < -0.3 is 9.30 Å². The van der Waals surface area contributed by atoms with Gasteiger partial charge in [-0.3, -0.25) is 20.4 Å². The van der Waals surface area contributed by atoms with Crippen molar-refractivity contribution in [3.63, 3.8) is 0 Å². The standard InChI is InChI=1S/C19H18BrN3O3/c1-3-26-17-9-13-7-5-4-6-12(13)8-15(17)18(24)21-22-19(25)16-10-14(20)11-23(16)2/h4-11H,3H2,1-2H3,(H,21,24)(H,22,25). The van der Waals surface area contributed by atoms with Crippen LogP contribution in [0.2, 0.25) is 0 Å². The second-order valence-electron chi connectivity index (χ2n) is 5.69. The van der Waals surface area contributed by atoms with Gasteiger partial charge in [-0.1, -0.05) is 24.3 Å². The Hall–Kier alpha value is -2.80. The molecule has 1 aromatic heterocycles. The van der Waals surface area contributed by atoms with Crippen molar-refractivity contribution >= 4 is 38.5 Å². The molecular formula is C19H18BrN3O3. The third-order valence-corrected chi connectivity index (χ3v) is 4.32. The molecule has 0 saturated heterocycles. The SMILES string of the molecule is CCOc1cc2ccccc2cc1C(=O)NNC(=O)c1cc(Br)cn1C. The summed E-state index contributed by atoms with van der Waals surface area (Å²) in [6.07, 6.45) is 1.76. The molecule has 2 amide bonds. The van der Waals surface area contributed by atoms with E-state index in [1.807, 2.05) is 37.3 Å². The summed E-state index contributed by atoms with van der Waals surface area (Å²) in [6.45, 7) is 2.29. The zero-order valence-corrected chi connectivity index (χ0v) is 16.0.